The number of nitrogens with zero attached hydrogens (tertiary/aromatic N) is 1. The van der Waals surface area contributed by atoms with E-state index in [0.717, 1.165) is 18.5 Å². The zero-order valence-corrected chi connectivity index (χ0v) is 9.34. The molecule has 1 N–H and O–H groups in total. The van der Waals surface area contributed by atoms with E-state index < -0.39 is 0 Å². The van der Waals surface area contributed by atoms with Crippen LogP contribution in [0.2, 0.25) is 0 Å². The lowest BCUT2D eigenvalue weighted by Gasteiger charge is -2.23. The van der Waals surface area contributed by atoms with Gasteiger partial charge in [-0.05, 0) is 45.4 Å². The van der Waals surface area contributed by atoms with Crippen LogP contribution in [0.3, 0.4) is 0 Å². The number of urea groups is 1. The van der Waals surface area contributed by atoms with Gasteiger partial charge in [0.2, 0.25) is 0 Å². The Morgan fingerprint density at radius 1 is 1.47 bits per heavy atom. The lowest BCUT2D eigenvalue weighted by molar-refractivity contribution is 0.248. The molecule has 1 aliphatic carbocycles. The van der Waals surface area contributed by atoms with Gasteiger partial charge in [0, 0.05) is 6.20 Å². The first kappa shape index (κ1) is 10.3. The van der Waals surface area contributed by atoms with Gasteiger partial charge in [-0.15, -0.1) is 0 Å². The van der Waals surface area contributed by atoms with Crippen molar-refractivity contribution in [2.24, 2.45) is 5.92 Å². The second-order valence-electron chi connectivity index (χ2n) is 4.57. The van der Waals surface area contributed by atoms with E-state index in [0.29, 0.717) is 5.92 Å². The molecule has 1 radical (unpaired) electrons. The van der Waals surface area contributed by atoms with Crippen molar-refractivity contribution >= 4 is 6.03 Å². The molecule has 0 spiro atoms. The summed E-state index contributed by atoms with van der Waals surface area (Å²) in [4.78, 5) is 10.9. The Morgan fingerprint density at radius 2 is 2.27 bits per heavy atom. The van der Waals surface area contributed by atoms with Gasteiger partial charge in [0.05, 0.1) is 5.70 Å². The molecule has 0 saturated carbocycles. The van der Waals surface area contributed by atoms with Gasteiger partial charge in [0.1, 0.15) is 0 Å². The summed E-state index contributed by atoms with van der Waals surface area (Å²) in [5.74, 6) is 0.663. The summed E-state index contributed by atoms with van der Waals surface area (Å²) in [6, 6.07) is -0.218. The van der Waals surface area contributed by atoms with Crippen molar-refractivity contribution < 1.29 is 4.79 Å². The summed E-state index contributed by atoms with van der Waals surface area (Å²) in [5.41, 5.74) is 3.97. The van der Waals surface area contributed by atoms with Crippen LogP contribution >= 0.6 is 0 Å². The minimum atomic E-state index is -0.218. The minimum Gasteiger partial charge on any atom is -0.311 e. The van der Waals surface area contributed by atoms with Crippen molar-refractivity contribution in [2.45, 2.75) is 39.5 Å². The van der Waals surface area contributed by atoms with Crippen molar-refractivity contribution in [1.29, 1.82) is 0 Å². The molecule has 1 atom stereocenters. The SMILES string of the molecule is CC1=C(C)CC(CC2=CNC(=O)[N]2)CC1. The minimum absolute atomic E-state index is 0.218. The third-order valence-electron chi connectivity index (χ3n) is 3.36. The topological polar surface area (TPSA) is 43.2 Å². The molecule has 0 aromatic carbocycles. The van der Waals surface area contributed by atoms with Crippen LogP contribution in [0, 0.1) is 5.92 Å². The van der Waals surface area contributed by atoms with Gasteiger partial charge >= 0.3 is 6.03 Å². The molecule has 1 aliphatic heterocycles. The highest BCUT2D eigenvalue weighted by Crippen LogP contribution is 2.32. The zero-order chi connectivity index (χ0) is 10.8. The molecule has 1 unspecified atom stereocenters. The second kappa shape index (κ2) is 4.09. The first-order valence-corrected chi connectivity index (χ1v) is 5.51. The molecule has 2 rings (SSSR count). The van der Waals surface area contributed by atoms with Gasteiger partial charge in [0.25, 0.3) is 0 Å². The molecule has 3 nitrogen and oxygen atoms in total. The van der Waals surface area contributed by atoms with E-state index in [9.17, 15) is 4.79 Å². The fourth-order valence-electron chi connectivity index (χ4n) is 2.26. The molecule has 0 fully saturated rings. The summed E-state index contributed by atoms with van der Waals surface area (Å²) in [6.45, 7) is 4.43. The van der Waals surface area contributed by atoms with Crippen molar-refractivity contribution in [3.63, 3.8) is 0 Å². The van der Waals surface area contributed by atoms with Crippen molar-refractivity contribution in [3.05, 3.63) is 23.0 Å². The van der Waals surface area contributed by atoms with Crippen LogP contribution in [0.25, 0.3) is 0 Å². The molecular weight excluding hydrogens is 188 g/mol. The van der Waals surface area contributed by atoms with E-state index in [4.69, 9.17) is 0 Å². The van der Waals surface area contributed by atoms with E-state index in [-0.39, 0.29) is 6.03 Å². The van der Waals surface area contributed by atoms with E-state index in [2.05, 4.69) is 24.5 Å². The molecule has 81 valence electrons. The Kier molecular flexibility index (Phi) is 2.80. The molecular formula is C12H17N2O. The van der Waals surface area contributed by atoms with Crippen LogP contribution in [0.15, 0.2) is 23.0 Å². The van der Waals surface area contributed by atoms with Gasteiger partial charge < -0.3 is 5.32 Å². The van der Waals surface area contributed by atoms with Crippen LogP contribution in [-0.2, 0) is 0 Å². The van der Waals surface area contributed by atoms with Gasteiger partial charge in [-0.3, -0.25) is 0 Å². The number of carbonyl (C=O) groups is 1. The molecule has 0 bridgehead atoms. The van der Waals surface area contributed by atoms with Crippen LogP contribution in [0.5, 0.6) is 0 Å². The highest BCUT2D eigenvalue weighted by molar-refractivity contribution is 5.79. The average Bonchev–Trinajstić information content (AvgIpc) is 2.58. The van der Waals surface area contributed by atoms with Gasteiger partial charge in [-0.1, -0.05) is 11.1 Å². The summed E-state index contributed by atoms with van der Waals surface area (Å²) < 4.78 is 0. The van der Waals surface area contributed by atoms with E-state index in [1.165, 1.54) is 24.0 Å². The van der Waals surface area contributed by atoms with Crippen molar-refractivity contribution in [2.75, 3.05) is 0 Å². The fourth-order valence-corrected chi connectivity index (χ4v) is 2.26. The Labute approximate surface area is 90.6 Å². The largest absolute Gasteiger partial charge is 0.345 e. The maximum Gasteiger partial charge on any atom is 0.345 e. The standard InChI is InChI=1S/C12H17N2O/c1-8-3-4-10(5-9(8)2)6-11-7-13-12(15)14-11/h7,10H,3-6H2,1-2H3,(H,13,15). The maximum absolute atomic E-state index is 10.9. The summed E-state index contributed by atoms with van der Waals surface area (Å²) in [5, 5.41) is 6.52. The second-order valence-corrected chi connectivity index (χ2v) is 4.57. The number of allylic oxidation sites excluding steroid dienone is 3. The van der Waals surface area contributed by atoms with E-state index >= 15 is 0 Å². The van der Waals surface area contributed by atoms with Crippen molar-refractivity contribution in [1.82, 2.24) is 10.6 Å². The summed E-state index contributed by atoms with van der Waals surface area (Å²) in [7, 11) is 0. The van der Waals surface area contributed by atoms with Crippen LogP contribution in [0.4, 0.5) is 4.79 Å². The van der Waals surface area contributed by atoms with Crippen LogP contribution in [-0.4, -0.2) is 6.03 Å². The lowest BCUT2D eigenvalue weighted by atomic mass is 9.83. The summed E-state index contributed by atoms with van der Waals surface area (Å²) >= 11 is 0. The molecule has 2 amide bonds. The molecule has 1 heterocycles. The van der Waals surface area contributed by atoms with Crippen molar-refractivity contribution in [3.8, 4) is 0 Å². The van der Waals surface area contributed by atoms with Gasteiger partial charge in [-0.2, -0.15) is 5.32 Å². The molecule has 2 aliphatic rings. The van der Waals surface area contributed by atoms with Gasteiger partial charge in [0.15, 0.2) is 0 Å². The predicted octanol–water partition coefficient (Wildman–Crippen LogP) is 2.68. The highest BCUT2D eigenvalue weighted by atomic mass is 16.2. The smallest absolute Gasteiger partial charge is 0.311 e. The number of hydrogen-bond donors (Lipinski definition) is 1. The van der Waals surface area contributed by atoms with E-state index in [1.807, 2.05) is 0 Å². The predicted molar refractivity (Wildman–Crippen MR) is 59.1 cm³/mol. The average molecular weight is 205 g/mol. The highest BCUT2D eigenvalue weighted by Gasteiger charge is 2.21. The zero-order valence-electron chi connectivity index (χ0n) is 9.34. The van der Waals surface area contributed by atoms with Gasteiger partial charge in [-0.25, -0.2) is 4.79 Å². The third kappa shape index (κ3) is 2.41. The molecule has 3 heteroatoms. The number of nitrogens with one attached hydrogen (secondary N) is 1. The molecule has 0 saturated heterocycles. The maximum atomic E-state index is 10.9. The first-order valence-electron chi connectivity index (χ1n) is 5.51. The summed E-state index contributed by atoms with van der Waals surface area (Å²) in [6.07, 6.45) is 6.26. The fraction of sp³-hybridized carbons (Fsp3) is 0.583. The first-order chi connectivity index (χ1) is 7.15. The Balaban J connectivity index is 1.90. The Hall–Kier alpha value is -1.25. The normalized spacial score (nSPS) is 26.1. The monoisotopic (exact) mass is 205 g/mol. The number of rotatable bonds is 2. The third-order valence-corrected chi connectivity index (χ3v) is 3.36. The quantitative estimate of drug-likeness (QED) is 0.692. The number of carbonyl (C=O) groups excluding carboxylic acids is 1. The van der Waals surface area contributed by atoms with E-state index in [1.54, 1.807) is 6.20 Å². The Bertz CT molecular complexity index is 342. The molecule has 0 aromatic heterocycles. The number of hydrogen-bond acceptors (Lipinski definition) is 1. The van der Waals surface area contributed by atoms with Crippen LogP contribution < -0.4 is 10.6 Å². The van der Waals surface area contributed by atoms with Crippen LogP contribution in [0.1, 0.15) is 39.5 Å². The molecule has 15 heavy (non-hydrogen) atoms. The Morgan fingerprint density at radius 3 is 2.87 bits per heavy atom. The number of amides is 2. The molecule has 0 aromatic rings. The lowest BCUT2D eigenvalue weighted by Crippen LogP contribution is -2.17.